The lowest BCUT2D eigenvalue weighted by atomic mass is 10.0. The van der Waals surface area contributed by atoms with Gasteiger partial charge in [0, 0.05) is 11.7 Å². The van der Waals surface area contributed by atoms with Gasteiger partial charge in [-0.05, 0) is 61.9 Å². The fraction of sp³-hybridized carbons (Fsp3) is 0.471. The molecular weight excluding hydrogens is 246 g/mol. The fourth-order valence-electron chi connectivity index (χ4n) is 3.59. The maximum absolute atomic E-state index is 4.39. The second-order valence-electron chi connectivity index (χ2n) is 6.00. The summed E-state index contributed by atoms with van der Waals surface area (Å²) in [5, 5.41) is 3.62. The van der Waals surface area contributed by atoms with Crippen molar-refractivity contribution in [2.24, 2.45) is 0 Å². The van der Waals surface area contributed by atoms with E-state index in [0.29, 0.717) is 6.04 Å². The van der Waals surface area contributed by atoms with E-state index in [1.54, 1.807) is 0 Å². The lowest BCUT2D eigenvalue weighted by Crippen LogP contribution is -2.28. The van der Waals surface area contributed by atoms with Gasteiger partial charge < -0.3 is 9.88 Å². The van der Waals surface area contributed by atoms with Gasteiger partial charge in [-0.15, -0.1) is 0 Å². The summed E-state index contributed by atoms with van der Waals surface area (Å²) >= 11 is 0. The van der Waals surface area contributed by atoms with Crippen LogP contribution in [0.4, 0.5) is 0 Å². The molecule has 2 aliphatic rings. The number of benzene rings is 1. The summed E-state index contributed by atoms with van der Waals surface area (Å²) in [6.07, 6.45) is 11.6. The first-order valence-corrected chi connectivity index (χ1v) is 7.79. The first kappa shape index (κ1) is 12.2. The molecule has 1 fully saturated rings. The van der Waals surface area contributed by atoms with Crippen molar-refractivity contribution in [3.05, 3.63) is 47.5 Å². The van der Waals surface area contributed by atoms with Gasteiger partial charge in [0.2, 0.25) is 0 Å². The Kier molecular flexibility index (Phi) is 3.07. The molecule has 1 atom stereocenters. The van der Waals surface area contributed by atoms with Crippen LogP contribution in [0.3, 0.4) is 0 Å². The largest absolute Gasteiger partial charge is 0.309 e. The SMILES string of the molecule is c1cc2c(cc1-n1cncc1C1CCCCN1)CCC2. The Bertz CT molecular complexity index is 608. The van der Waals surface area contributed by atoms with E-state index in [9.17, 15) is 0 Å². The minimum Gasteiger partial charge on any atom is -0.309 e. The molecule has 0 amide bonds. The van der Waals surface area contributed by atoms with E-state index in [0.717, 1.165) is 6.54 Å². The van der Waals surface area contributed by atoms with Crippen LogP contribution < -0.4 is 5.32 Å². The van der Waals surface area contributed by atoms with Gasteiger partial charge in [-0.2, -0.15) is 0 Å². The third kappa shape index (κ3) is 2.06. The van der Waals surface area contributed by atoms with Crippen LogP contribution in [0.25, 0.3) is 5.69 Å². The van der Waals surface area contributed by atoms with E-state index >= 15 is 0 Å². The Morgan fingerprint density at radius 1 is 1.10 bits per heavy atom. The normalized spacial score (nSPS) is 21.9. The quantitative estimate of drug-likeness (QED) is 0.905. The third-order valence-corrected chi connectivity index (χ3v) is 4.69. The third-order valence-electron chi connectivity index (χ3n) is 4.69. The molecule has 1 saturated heterocycles. The summed E-state index contributed by atoms with van der Waals surface area (Å²) in [6, 6.07) is 7.36. The summed E-state index contributed by atoms with van der Waals surface area (Å²) in [6.45, 7) is 1.13. The Morgan fingerprint density at radius 3 is 2.95 bits per heavy atom. The highest BCUT2D eigenvalue weighted by Crippen LogP contribution is 2.28. The zero-order chi connectivity index (χ0) is 13.4. The molecule has 2 aromatic rings. The number of imidazole rings is 1. The number of fused-ring (bicyclic) bond motifs is 1. The lowest BCUT2D eigenvalue weighted by molar-refractivity contribution is 0.402. The number of rotatable bonds is 2. The van der Waals surface area contributed by atoms with Crippen molar-refractivity contribution < 1.29 is 0 Å². The van der Waals surface area contributed by atoms with Gasteiger partial charge in [0.1, 0.15) is 0 Å². The Hall–Kier alpha value is -1.61. The van der Waals surface area contributed by atoms with E-state index in [-0.39, 0.29) is 0 Å². The highest BCUT2D eigenvalue weighted by Gasteiger charge is 2.19. The Balaban J connectivity index is 1.70. The van der Waals surface area contributed by atoms with Gasteiger partial charge in [-0.1, -0.05) is 12.5 Å². The smallest absolute Gasteiger partial charge is 0.0994 e. The molecule has 3 nitrogen and oxygen atoms in total. The highest BCUT2D eigenvalue weighted by atomic mass is 15.1. The summed E-state index contributed by atoms with van der Waals surface area (Å²) < 4.78 is 2.27. The monoisotopic (exact) mass is 267 g/mol. The Morgan fingerprint density at radius 2 is 2.05 bits per heavy atom. The topological polar surface area (TPSA) is 29.9 Å². The van der Waals surface area contributed by atoms with Gasteiger partial charge in [-0.25, -0.2) is 4.98 Å². The Labute approximate surface area is 120 Å². The molecule has 104 valence electrons. The first-order valence-electron chi connectivity index (χ1n) is 7.79. The van der Waals surface area contributed by atoms with Gasteiger partial charge in [0.25, 0.3) is 0 Å². The average molecular weight is 267 g/mol. The van der Waals surface area contributed by atoms with Crippen molar-refractivity contribution in [2.45, 2.75) is 44.6 Å². The van der Waals surface area contributed by atoms with Gasteiger partial charge in [0.15, 0.2) is 0 Å². The molecule has 4 rings (SSSR count). The molecule has 1 unspecified atom stereocenters. The van der Waals surface area contributed by atoms with Crippen molar-refractivity contribution in [1.29, 1.82) is 0 Å². The number of hydrogen-bond donors (Lipinski definition) is 1. The number of aromatic nitrogens is 2. The van der Waals surface area contributed by atoms with Crippen LogP contribution in [-0.2, 0) is 12.8 Å². The zero-order valence-electron chi connectivity index (χ0n) is 11.8. The number of piperidine rings is 1. The van der Waals surface area contributed by atoms with Crippen molar-refractivity contribution in [3.8, 4) is 5.69 Å². The second kappa shape index (κ2) is 5.06. The maximum atomic E-state index is 4.39. The molecule has 2 heterocycles. The zero-order valence-corrected chi connectivity index (χ0v) is 11.8. The molecule has 1 aromatic carbocycles. The van der Waals surface area contributed by atoms with Gasteiger partial charge in [-0.3, -0.25) is 0 Å². The van der Waals surface area contributed by atoms with Crippen LogP contribution >= 0.6 is 0 Å². The van der Waals surface area contributed by atoms with Gasteiger partial charge >= 0.3 is 0 Å². The van der Waals surface area contributed by atoms with Crippen LogP contribution in [0.5, 0.6) is 0 Å². The molecule has 0 saturated carbocycles. The summed E-state index contributed by atoms with van der Waals surface area (Å²) in [5.74, 6) is 0. The molecule has 0 spiro atoms. The maximum Gasteiger partial charge on any atom is 0.0994 e. The summed E-state index contributed by atoms with van der Waals surface area (Å²) in [7, 11) is 0. The number of nitrogens with one attached hydrogen (secondary N) is 1. The van der Waals surface area contributed by atoms with Crippen molar-refractivity contribution in [1.82, 2.24) is 14.9 Å². The summed E-state index contributed by atoms with van der Waals surface area (Å²) in [5.41, 5.74) is 5.64. The van der Waals surface area contributed by atoms with E-state index in [1.165, 1.54) is 61.0 Å². The molecular formula is C17H21N3. The van der Waals surface area contributed by atoms with E-state index < -0.39 is 0 Å². The first-order chi connectivity index (χ1) is 9.92. The number of hydrogen-bond acceptors (Lipinski definition) is 2. The predicted octanol–water partition coefficient (Wildman–Crippen LogP) is 3.18. The molecule has 1 aliphatic carbocycles. The van der Waals surface area contributed by atoms with Crippen LogP contribution in [0.1, 0.15) is 48.5 Å². The molecule has 20 heavy (non-hydrogen) atoms. The lowest BCUT2D eigenvalue weighted by Gasteiger charge is -2.24. The molecule has 1 aromatic heterocycles. The van der Waals surface area contributed by atoms with E-state index in [2.05, 4.69) is 33.1 Å². The molecule has 1 N–H and O–H groups in total. The van der Waals surface area contributed by atoms with Crippen molar-refractivity contribution >= 4 is 0 Å². The van der Waals surface area contributed by atoms with E-state index in [1.807, 2.05) is 12.5 Å². The molecule has 1 aliphatic heterocycles. The van der Waals surface area contributed by atoms with Crippen LogP contribution in [0.15, 0.2) is 30.7 Å². The van der Waals surface area contributed by atoms with Crippen molar-refractivity contribution in [2.75, 3.05) is 6.54 Å². The number of aryl methyl sites for hydroxylation is 2. The molecule has 0 radical (unpaired) electrons. The average Bonchev–Trinajstić information content (AvgIpc) is 3.16. The minimum atomic E-state index is 0.458. The number of nitrogens with zero attached hydrogens (tertiary/aromatic N) is 2. The van der Waals surface area contributed by atoms with Crippen LogP contribution in [-0.4, -0.2) is 16.1 Å². The minimum absolute atomic E-state index is 0.458. The second-order valence-corrected chi connectivity index (χ2v) is 6.00. The molecule has 3 heteroatoms. The standard InChI is InChI=1S/C17H21N3/c1-2-9-19-16(6-1)17-11-18-12-20(17)15-8-7-13-4-3-5-14(13)10-15/h7-8,10-12,16,19H,1-6,9H2. The fourth-order valence-corrected chi connectivity index (χ4v) is 3.59. The predicted molar refractivity (Wildman–Crippen MR) is 80.2 cm³/mol. The van der Waals surface area contributed by atoms with Gasteiger partial charge in [0.05, 0.1) is 18.2 Å². The summed E-state index contributed by atoms with van der Waals surface area (Å²) in [4.78, 5) is 4.39. The highest BCUT2D eigenvalue weighted by molar-refractivity contribution is 5.44. The molecule has 0 bridgehead atoms. The van der Waals surface area contributed by atoms with Crippen LogP contribution in [0.2, 0.25) is 0 Å². The van der Waals surface area contributed by atoms with Crippen LogP contribution in [0, 0.1) is 0 Å². The van der Waals surface area contributed by atoms with E-state index in [4.69, 9.17) is 0 Å². The van der Waals surface area contributed by atoms with Crippen molar-refractivity contribution in [3.63, 3.8) is 0 Å².